The molecule has 1 amide bonds. The summed E-state index contributed by atoms with van der Waals surface area (Å²) in [4.78, 5) is 13.2. The van der Waals surface area contributed by atoms with Crippen molar-refractivity contribution in [1.29, 1.82) is 0 Å². The number of aliphatic hydroxyl groups excluding tert-OH is 1. The molecule has 2 rings (SSSR count). The van der Waals surface area contributed by atoms with Crippen LogP contribution >= 0.6 is 0 Å². The molecule has 0 spiro atoms. The highest BCUT2D eigenvalue weighted by molar-refractivity contribution is 5.67. The molecular weight excluding hydrogens is 249 g/mol. The molecule has 0 bridgehead atoms. The van der Waals surface area contributed by atoms with Crippen molar-refractivity contribution in [1.82, 2.24) is 4.90 Å². The van der Waals surface area contributed by atoms with Crippen molar-refractivity contribution < 1.29 is 19.0 Å². The zero-order valence-corrected chi connectivity index (χ0v) is 10.7. The Morgan fingerprint density at radius 2 is 2.11 bits per heavy atom. The van der Waals surface area contributed by atoms with Crippen LogP contribution < -0.4 is 0 Å². The van der Waals surface area contributed by atoms with E-state index in [0.717, 1.165) is 5.56 Å². The maximum absolute atomic E-state index is 13.4. The number of carbonyl (C=O) groups is 1. The molecule has 0 radical (unpaired) electrons. The first-order valence-corrected chi connectivity index (χ1v) is 6.39. The van der Waals surface area contributed by atoms with Gasteiger partial charge in [-0.3, -0.25) is 0 Å². The van der Waals surface area contributed by atoms with Crippen LogP contribution in [0.5, 0.6) is 0 Å². The van der Waals surface area contributed by atoms with Crippen LogP contribution in [-0.4, -0.2) is 42.0 Å². The summed E-state index contributed by atoms with van der Waals surface area (Å²) >= 11 is 0. The Bertz CT molecular complexity index is 412. The van der Waals surface area contributed by atoms with Crippen LogP contribution in [0.2, 0.25) is 0 Å². The van der Waals surface area contributed by atoms with E-state index in [-0.39, 0.29) is 25.7 Å². The lowest BCUT2D eigenvalue weighted by atomic mass is 9.98. The van der Waals surface area contributed by atoms with Crippen LogP contribution in [0.25, 0.3) is 0 Å². The first-order chi connectivity index (χ1) is 9.19. The number of nitrogens with zero attached hydrogens (tertiary/aromatic N) is 1. The number of piperidine rings is 1. The fourth-order valence-corrected chi connectivity index (χ4v) is 2.23. The smallest absolute Gasteiger partial charge is 0.410 e. The third-order valence-corrected chi connectivity index (χ3v) is 3.21. The highest BCUT2D eigenvalue weighted by Crippen LogP contribution is 2.19. The molecule has 0 aliphatic carbocycles. The van der Waals surface area contributed by atoms with Gasteiger partial charge in [0, 0.05) is 19.1 Å². The third-order valence-electron chi connectivity index (χ3n) is 3.21. The van der Waals surface area contributed by atoms with Crippen LogP contribution in [0.4, 0.5) is 9.18 Å². The molecule has 0 saturated carbocycles. The van der Waals surface area contributed by atoms with E-state index >= 15 is 0 Å². The first kappa shape index (κ1) is 13.8. The summed E-state index contributed by atoms with van der Waals surface area (Å²) < 4.78 is 18.6. The normalized spacial score (nSPS) is 23.2. The van der Waals surface area contributed by atoms with E-state index in [9.17, 15) is 9.18 Å². The SMILES string of the molecule is O=C(OCc1ccccc1)N1CC(F)CC(CO)C1. The summed E-state index contributed by atoms with van der Waals surface area (Å²) in [7, 11) is 0. The van der Waals surface area contributed by atoms with Gasteiger partial charge < -0.3 is 14.7 Å². The largest absolute Gasteiger partial charge is 0.445 e. The van der Waals surface area contributed by atoms with Crippen LogP contribution in [0.15, 0.2) is 30.3 Å². The molecule has 1 aromatic carbocycles. The molecule has 1 saturated heterocycles. The van der Waals surface area contributed by atoms with Crippen molar-refractivity contribution in [2.45, 2.75) is 19.2 Å². The number of hydrogen-bond donors (Lipinski definition) is 1. The molecule has 4 nitrogen and oxygen atoms in total. The average Bonchev–Trinajstić information content (AvgIpc) is 2.45. The minimum atomic E-state index is -1.09. The number of ether oxygens (including phenoxy) is 1. The lowest BCUT2D eigenvalue weighted by molar-refractivity contribution is 0.0416. The fourth-order valence-electron chi connectivity index (χ4n) is 2.23. The number of alkyl halides is 1. The molecular formula is C14H18FNO3. The van der Waals surface area contributed by atoms with Gasteiger partial charge in [0.1, 0.15) is 12.8 Å². The lowest BCUT2D eigenvalue weighted by Gasteiger charge is -2.33. The maximum atomic E-state index is 13.4. The molecule has 19 heavy (non-hydrogen) atoms. The van der Waals surface area contributed by atoms with Gasteiger partial charge in [-0.15, -0.1) is 0 Å². The van der Waals surface area contributed by atoms with E-state index in [4.69, 9.17) is 9.84 Å². The maximum Gasteiger partial charge on any atom is 0.410 e. The molecule has 1 aromatic rings. The Labute approximate surface area is 111 Å². The topological polar surface area (TPSA) is 49.8 Å². The average molecular weight is 267 g/mol. The van der Waals surface area contributed by atoms with Crippen LogP contribution in [-0.2, 0) is 11.3 Å². The fraction of sp³-hybridized carbons (Fsp3) is 0.500. The van der Waals surface area contributed by atoms with E-state index in [0.29, 0.717) is 13.0 Å². The molecule has 5 heteroatoms. The van der Waals surface area contributed by atoms with Crippen molar-refractivity contribution in [2.24, 2.45) is 5.92 Å². The standard InChI is InChI=1S/C14H18FNO3/c15-13-6-12(9-17)7-16(8-13)14(18)19-10-11-4-2-1-3-5-11/h1-5,12-13,17H,6-10H2. The first-order valence-electron chi connectivity index (χ1n) is 6.39. The Hall–Kier alpha value is -1.62. The minimum absolute atomic E-state index is 0.0458. The molecule has 2 unspecified atom stereocenters. The van der Waals surface area contributed by atoms with Gasteiger partial charge in [-0.1, -0.05) is 30.3 Å². The van der Waals surface area contributed by atoms with Crippen molar-refractivity contribution in [3.8, 4) is 0 Å². The van der Waals surface area contributed by atoms with Crippen molar-refractivity contribution in [2.75, 3.05) is 19.7 Å². The second-order valence-corrected chi connectivity index (χ2v) is 4.83. The number of amides is 1. The second-order valence-electron chi connectivity index (χ2n) is 4.83. The highest BCUT2D eigenvalue weighted by atomic mass is 19.1. The number of hydrogen-bond acceptors (Lipinski definition) is 3. The molecule has 2 atom stereocenters. The van der Waals surface area contributed by atoms with E-state index in [2.05, 4.69) is 0 Å². The quantitative estimate of drug-likeness (QED) is 0.911. The van der Waals surface area contributed by atoms with E-state index in [1.165, 1.54) is 4.90 Å². The van der Waals surface area contributed by atoms with Crippen molar-refractivity contribution >= 4 is 6.09 Å². The van der Waals surface area contributed by atoms with Gasteiger partial charge in [0.05, 0.1) is 6.54 Å². The summed E-state index contributed by atoms with van der Waals surface area (Å²) in [6.07, 6.45) is -1.31. The van der Waals surface area contributed by atoms with Gasteiger partial charge in [-0.05, 0) is 12.0 Å². The third kappa shape index (κ3) is 3.92. The van der Waals surface area contributed by atoms with E-state index < -0.39 is 12.3 Å². The summed E-state index contributed by atoms with van der Waals surface area (Å²) in [5.41, 5.74) is 0.892. The zero-order chi connectivity index (χ0) is 13.7. The molecule has 1 aliphatic rings. The van der Waals surface area contributed by atoms with Crippen LogP contribution in [0.1, 0.15) is 12.0 Å². The van der Waals surface area contributed by atoms with Crippen LogP contribution in [0, 0.1) is 5.92 Å². The van der Waals surface area contributed by atoms with E-state index in [1.54, 1.807) is 0 Å². The number of carbonyl (C=O) groups excluding carboxylic acids is 1. The summed E-state index contributed by atoms with van der Waals surface area (Å²) in [5, 5.41) is 9.07. The molecule has 1 fully saturated rings. The summed E-state index contributed by atoms with van der Waals surface area (Å²) in [6, 6.07) is 9.33. The molecule has 1 aliphatic heterocycles. The number of halogens is 1. The monoisotopic (exact) mass is 267 g/mol. The van der Waals surface area contributed by atoms with Gasteiger partial charge in [-0.2, -0.15) is 0 Å². The van der Waals surface area contributed by atoms with Gasteiger partial charge in [-0.25, -0.2) is 9.18 Å². The predicted octanol–water partition coefficient (Wildman–Crippen LogP) is 1.98. The number of likely N-dealkylation sites (tertiary alicyclic amines) is 1. The van der Waals surface area contributed by atoms with E-state index in [1.807, 2.05) is 30.3 Å². The minimum Gasteiger partial charge on any atom is -0.445 e. The zero-order valence-electron chi connectivity index (χ0n) is 10.7. The molecule has 0 aromatic heterocycles. The summed E-state index contributed by atoms with van der Waals surface area (Å²) in [6.45, 7) is 0.467. The summed E-state index contributed by atoms with van der Waals surface area (Å²) in [5.74, 6) is -0.201. The molecule has 104 valence electrons. The number of benzene rings is 1. The molecule has 1 heterocycles. The Balaban J connectivity index is 1.85. The van der Waals surface area contributed by atoms with Gasteiger partial charge in [0.2, 0.25) is 0 Å². The Morgan fingerprint density at radius 1 is 1.37 bits per heavy atom. The van der Waals surface area contributed by atoms with Crippen molar-refractivity contribution in [3.63, 3.8) is 0 Å². The van der Waals surface area contributed by atoms with Gasteiger partial charge >= 0.3 is 6.09 Å². The molecule has 1 N–H and O–H groups in total. The van der Waals surface area contributed by atoms with Gasteiger partial charge in [0.15, 0.2) is 0 Å². The number of aliphatic hydroxyl groups is 1. The predicted molar refractivity (Wildman–Crippen MR) is 68.3 cm³/mol. The Morgan fingerprint density at radius 3 is 2.79 bits per heavy atom. The van der Waals surface area contributed by atoms with Crippen LogP contribution in [0.3, 0.4) is 0 Å². The highest BCUT2D eigenvalue weighted by Gasteiger charge is 2.30. The Kier molecular flexibility index (Phi) is 4.74. The van der Waals surface area contributed by atoms with Crippen molar-refractivity contribution in [3.05, 3.63) is 35.9 Å². The number of rotatable bonds is 3. The lowest BCUT2D eigenvalue weighted by Crippen LogP contribution is -2.46. The van der Waals surface area contributed by atoms with Gasteiger partial charge in [0.25, 0.3) is 0 Å². The second kappa shape index (κ2) is 6.52.